The van der Waals surface area contributed by atoms with Crippen LogP contribution in [0.5, 0.6) is 11.5 Å². The van der Waals surface area contributed by atoms with Gasteiger partial charge in [-0.05, 0) is 35.9 Å². The molecule has 27 heavy (non-hydrogen) atoms. The van der Waals surface area contributed by atoms with Gasteiger partial charge < -0.3 is 24.0 Å². The van der Waals surface area contributed by atoms with Crippen molar-refractivity contribution in [1.29, 1.82) is 0 Å². The molecular formula is C21H26N2O4. The fraction of sp³-hybridized carbons (Fsp3) is 0.381. The molecule has 0 N–H and O–H groups in total. The fourth-order valence-electron chi connectivity index (χ4n) is 3.17. The van der Waals surface area contributed by atoms with E-state index in [1.807, 2.05) is 19.0 Å². The molecule has 1 saturated heterocycles. The minimum absolute atomic E-state index is 0.0332. The molecule has 2 aromatic carbocycles. The van der Waals surface area contributed by atoms with E-state index in [1.165, 1.54) is 0 Å². The van der Waals surface area contributed by atoms with Gasteiger partial charge >= 0.3 is 0 Å². The number of amides is 1. The number of benzene rings is 2. The Hall–Kier alpha value is -2.73. The molecule has 1 fully saturated rings. The smallest absolute Gasteiger partial charge is 0.254 e. The number of nitrogens with zero attached hydrogens (tertiary/aromatic N) is 2. The Kier molecular flexibility index (Phi) is 5.86. The summed E-state index contributed by atoms with van der Waals surface area (Å²) >= 11 is 0. The van der Waals surface area contributed by atoms with Gasteiger partial charge in [0.15, 0.2) is 11.5 Å². The summed E-state index contributed by atoms with van der Waals surface area (Å²) in [5.41, 5.74) is 2.79. The Morgan fingerprint density at radius 3 is 2.41 bits per heavy atom. The highest BCUT2D eigenvalue weighted by Gasteiger charge is 2.26. The molecule has 0 radical (unpaired) electrons. The highest BCUT2D eigenvalue weighted by atomic mass is 16.5. The monoisotopic (exact) mass is 370 g/mol. The van der Waals surface area contributed by atoms with Crippen LogP contribution in [0, 0.1) is 0 Å². The van der Waals surface area contributed by atoms with Crippen LogP contribution in [-0.4, -0.2) is 58.8 Å². The molecule has 0 aromatic heterocycles. The number of carbonyl (C=O) groups is 1. The zero-order valence-electron chi connectivity index (χ0n) is 16.3. The molecule has 144 valence electrons. The van der Waals surface area contributed by atoms with E-state index in [4.69, 9.17) is 14.2 Å². The van der Waals surface area contributed by atoms with Gasteiger partial charge in [0.25, 0.3) is 5.91 Å². The Morgan fingerprint density at radius 2 is 1.78 bits per heavy atom. The van der Waals surface area contributed by atoms with Crippen LogP contribution in [-0.2, 0) is 4.74 Å². The molecule has 0 aliphatic carbocycles. The lowest BCUT2D eigenvalue weighted by Gasteiger charge is -2.33. The van der Waals surface area contributed by atoms with Gasteiger partial charge in [0.2, 0.25) is 0 Å². The topological polar surface area (TPSA) is 51.2 Å². The number of anilines is 1. The SMILES string of the molecule is COc1ccc(C(=O)N2CCOC(c3ccc(N(C)C)cc3)C2)cc1OC. The number of methoxy groups -OCH3 is 2. The summed E-state index contributed by atoms with van der Waals surface area (Å²) < 4.78 is 16.5. The second kappa shape index (κ2) is 8.31. The van der Waals surface area contributed by atoms with Crippen molar-refractivity contribution < 1.29 is 19.0 Å². The van der Waals surface area contributed by atoms with E-state index in [1.54, 1.807) is 32.4 Å². The molecule has 1 heterocycles. The standard InChI is InChI=1S/C21H26N2O4/c1-22(2)17-8-5-15(6-9-17)20-14-23(11-12-27-20)21(24)16-7-10-18(25-3)19(13-16)26-4/h5-10,13,20H,11-12,14H2,1-4H3. The maximum Gasteiger partial charge on any atom is 0.254 e. The lowest BCUT2D eigenvalue weighted by molar-refractivity contribution is -0.0228. The van der Waals surface area contributed by atoms with Gasteiger partial charge in [-0.25, -0.2) is 0 Å². The van der Waals surface area contributed by atoms with Crippen molar-refractivity contribution in [3.63, 3.8) is 0 Å². The van der Waals surface area contributed by atoms with Crippen LogP contribution in [0.3, 0.4) is 0 Å². The van der Waals surface area contributed by atoms with E-state index >= 15 is 0 Å². The maximum absolute atomic E-state index is 13.0. The van der Waals surface area contributed by atoms with Crippen LogP contribution in [0.25, 0.3) is 0 Å². The summed E-state index contributed by atoms with van der Waals surface area (Å²) in [6.45, 7) is 1.60. The number of rotatable bonds is 5. The average Bonchev–Trinajstić information content (AvgIpc) is 2.72. The summed E-state index contributed by atoms with van der Waals surface area (Å²) in [4.78, 5) is 16.8. The van der Waals surface area contributed by atoms with Crippen LogP contribution in [0.4, 0.5) is 5.69 Å². The molecule has 0 spiro atoms. The Labute approximate surface area is 160 Å². The summed E-state index contributed by atoms with van der Waals surface area (Å²) in [5, 5.41) is 0. The molecular weight excluding hydrogens is 344 g/mol. The summed E-state index contributed by atoms with van der Waals surface area (Å²) in [6.07, 6.45) is -0.126. The highest BCUT2D eigenvalue weighted by molar-refractivity contribution is 5.95. The van der Waals surface area contributed by atoms with Crippen LogP contribution in [0.2, 0.25) is 0 Å². The Bertz CT molecular complexity index is 789. The first-order chi connectivity index (χ1) is 13.0. The van der Waals surface area contributed by atoms with Crippen LogP contribution in [0.15, 0.2) is 42.5 Å². The number of hydrogen-bond acceptors (Lipinski definition) is 5. The first-order valence-corrected chi connectivity index (χ1v) is 8.93. The molecule has 1 aliphatic rings. The van der Waals surface area contributed by atoms with Gasteiger partial charge in [-0.2, -0.15) is 0 Å². The minimum atomic E-state index is -0.126. The minimum Gasteiger partial charge on any atom is -0.493 e. The average molecular weight is 370 g/mol. The van der Waals surface area contributed by atoms with Crippen molar-refractivity contribution >= 4 is 11.6 Å². The second-order valence-electron chi connectivity index (χ2n) is 6.67. The molecule has 6 heteroatoms. The summed E-state index contributed by atoms with van der Waals surface area (Å²) in [7, 11) is 7.16. The van der Waals surface area contributed by atoms with Crippen molar-refractivity contribution in [2.75, 3.05) is 52.9 Å². The maximum atomic E-state index is 13.0. The van der Waals surface area contributed by atoms with Gasteiger partial charge in [0, 0.05) is 31.9 Å². The summed E-state index contributed by atoms with van der Waals surface area (Å²) in [6, 6.07) is 13.5. The molecule has 6 nitrogen and oxygen atoms in total. The van der Waals surface area contributed by atoms with Crippen molar-refractivity contribution in [2.45, 2.75) is 6.10 Å². The Balaban J connectivity index is 1.74. The highest BCUT2D eigenvalue weighted by Crippen LogP contribution is 2.29. The van der Waals surface area contributed by atoms with E-state index in [-0.39, 0.29) is 12.0 Å². The third-order valence-electron chi connectivity index (χ3n) is 4.77. The van der Waals surface area contributed by atoms with E-state index < -0.39 is 0 Å². The van der Waals surface area contributed by atoms with Gasteiger partial charge in [-0.15, -0.1) is 0 Å². The normalized spacial score (nSPS) is 16.7. The lowest BCUT2D eigenvalue weighted by Crippen LogP contribution is -2.42. The van der Waals surface area contributed by atoms with Crippen LogP contribution in [0.1, 0.15) is 22.0 Å². The molecule has 0 saturated carbocycles. The number of ether oxygens (including phenoxy) is 3. The molecule has 3 rings (SSSR count). The van der Waals surface area contributed by atoms with Gasteiger partial charge in [0.1, 0.15) is 6.10 Å². The van der Waals surface area contributed by atoms with E-state index in [0.29, 0.717) is 36.8 Å². The quantitative estimate of drug-likeness (QED) is 0.810. The van der Waals surface area contributed by atoms with Crippen LogP contribution < -0.4 is 14.4 Å². The van der Waals surface area contributed by atoms with Crippen molar-refractivity contribution in [3.05, 3.63) is 53.6 Å². The largest absolute Gasteiger partial charge is 0.493 e. The van der Waals surface area contributed by atoms with E-state index in [0.717, 1.165) is 11.3 Å². The zero-order valence-corrected chi connectivity index (χ0v) is 16.3. The van der Waals surface area contributed by atoms with Crippen LogP contribution >= 0.6 is 0 Å². The first kappa shape index (κ1) is 19.0. The van der Waals surface area contributed by atoms with Gasteiger partial charge in [-0.3, -0.25) is 4.79 Å². The molecule has 1 aliphatic heterocycles. The van der Waals surface area contributed by atoms with Crippen molar-refractivity contribution in [2.24, 2.45) is 0 Å². The number of hydrogen-bond donors (Lipinski definition) is 0. The first-order valence-electron chi connectivity index (χ1n) is 8.93. The second-order valence-corrected chi connectivity index (χ2v) is 6.67. The van der Waals surface area contributed by atoms with Gasteiger partial charge in [0.05, 0.1) is 27.4 Å². The van der Waals surface area contributed by atoms with Crippen molar-refractivity contribution in [1.82, 2.24) is 4.90 Å². The molecule has 1 unspecified atom stereocenters. The lowest BCUT2D eigenvalue weighted by atomic mass is 10.1. The van der Waals surface area contributed by atoms with E-state index in [9.17, 15) is 4.79 Å². The zero-order chi connectivity index (χ0) is 19.4. The van der Waals surface area contributed by atoms with Gasteiger partial charge in [-0.1, -0.05) is 12.1 Å². The number of morpholine rings is 1. The molecule has 1 atom stereocenters. The van der Waals surface area contributed by atoms with Crippen molar-refractivity contribution in [3.8, 4) is 11.5 Å². The Morgan fingerprint density at radius 1 is 1.07 bits per heavy atom. The molecule has 0 bridgehead atoms. The third-order valence-corrected chi connectivity index (χ3v) is 4.77. The molecule has 1 amide bonds. The summed E-state index contributed by atoms with van der Waals surface area (Å²) in [5.74, 6) is 1.12. The fourth-order valence-corrected chi connectivity index (χ4v) is 3.17. The number of carbonyl (C=O) groups excluding carboxylic acids is 1. The predicted octanol–water partition coefficient (Wildman–Crippen LogP) is 2.98. The predicted molar refractivity (Wildman–Crippen MR) is 105 cm³/mol. The molecule has 2 aromatic rings. The van der Waals surface area contributed by atoms with E-state index in [2.05, 4.69) is 29.2 Å². The third kappa shape index (κ3) is 4.17.